The minimum atomic E-state index is 0.252. The highest BCUT2D eigenvalue weighted by Gasteiger charge is 2.24. The summed E-state index contributed by atoms with van der Waals surface area (Å²) >= 11 is 0. The van der Waals surface area contributed by atoms with Gasteiger partial charge in [-0.25, -0.2) is 0 Å². The lowest BCUT2D eigenvalue weighted by molar-refractivity contribution is -0.134. The van der Waals surface area contributed by atoms with Crippen LogP contribution in [0.5, 0.6) is 5.75 Å². The van der Waals surface area contributed by atoms with E-state index in [1.807, 2.05) is 4.90 Å². The highest BCUT2D eigenvalue weighted by molar-refractivity contribution is 5.76. The van der Waals surface area contributed by atoms with E-state index in [0.717, 1.165) is 43.5 Å². The second kappa shape index (κ2) is 8.92. The molecule has 2 rings (SSSR count). The molecule has 23 heavy (non-hydrogen) atoms. The van der Waals surface area contributed by atoms with Crippen LogP contribution in [0.25, 0.3) is 0 Å². The zero-order valence-corrected chi connectivity index (χ0v) is 14.5. The molecule has 1 fully saturated rings. The Bertz CT molecular complexity index is 516. The second-order valence-electron chi connectivity index (χ2n) is 6.55. The van der Waals surface area contributed by atoms with Crippen LogP contribution in [0.2, 0.25) is 0 Å². The molecule has 0 radical (unpaired) electrons. The Hall–Kier alpha value is -1.55. The third-order valence-corrected chi connectivity index (χ3v) is 4.61. The molecule has 0 saturated carbocycles. The van der Waals surface area contributed by atoms with Gasteiger partial charge in [-0.1, -0.05) is 12.1 Å². The Morgan fingerprint density at radius 2 is 2.13 bits per heavy atom. The predicted molar refractivity (Wildman–Crippen MR) is 93.7 cm³/mol. The van der Waals surface area contributed by atoms with Crippen molar-refractivity contribution in [2.24, 2.45) is 5.73 Å². The lowest BCUT2D eigenvalue weighted by atomic mass is 10.0. The van der Waals surface area contributed by atoms with Gasteiger partial charge in [0.2, 0.25) is 5.91 Å². The van der Waals surface area contributed by atoms with Crippen LogP contribution in [0, 0.1) is 13.8 Å². The van der Waals surface area contributed by atoms with Gasteiger partial charge in [0.1, 0.15) is 5.75 Å². The summed E-state index contributed by atoms with van der Waals surface area (Å²) in [4.78, 5) is 14.3. The van der Waals surface area contributed by atoms with E-state index in [-0.39, 0.29) is 11.9 Å². The number of rotatable bonds is 7. The maximum Gasteiger partial charge on any atom is 0.222 e. The van der Waals surface area contributed by atoms with Gasteiger partial charge in [0, 0.05) is 25.6 Å². The van der Waals surface area contributed by atoms with Gasteiger partial charge >= 0.3 is 0 Å². The number of benzene rings is 1. The van der Waals surface area contributed by atoms with Crippen molar-refractivity contribution in [1.29, 1.82) is 0 Å². The van der Waals surface area contributed by atoms with Gasteiger partial charge in [-0.05, 0) is 63.1 Å². The van der Waals surface area contributed by atoms with Crippen LogP contribution in [0.4, 0.5) is 0 Å². The zero-order valence-electron chi connectivity index (χ0n) is 14.5. The summed E-state index contributed by atoms with van der Waals surface area (Å²) in [5.74, 6) is 1.21. The maximum atomic E-state index is 12.3. The van der Waals surface area contributed by atoms with Gasteiger partial charge in [0.25, 0.3) is 0 Å². The first-order valence-electron chi connectivity index (χ1n) is 8.81. The number of carbonyl (C=O) groups is 1. The van der Waals surface area contributed by atoms with E-state index in [1.54, 1.807) is 0 Å². The average molecular weight is 318 g/mol. The molecular weight excluding hydrogens is 288 g/mol. The largest absolute Gasteiger partial charge is 0.493 e. The Balaban J connectivity index is 1.68. The molecule has 4 heteroatoms. The Kier molecular flexibility index (Phi) is 6.90. The minimum Gasteiger partial charge on any atom is -0.493 e. The molecular formula is C19H30N2O2. The van der Waals surface area contributed by atoms with Crippen molar-refractivity contribution < 1.29 is 9.53 Å². The molecule has 1 aliphatic rings. The summed E-state index contributed by atoms with van der Waals surface area (Å²) in [5, 5.41) is 0. The first-order chi connectivity index (χ1) is 11.1. The van der Waals surface area contributed by atoms with E-state index in [4.69, 9.17) is 10.5 Å². The van der Waals surface area contributed by atoms with Crippen molar-refractivity contribution in [3.05, 3.63) is 29.3 Å². The topological polar surface area (TPSA) is 55.6 Å². The smallest absolute Gasteiger partial charge is 0.222 e. The molecule has 1 aliphatic heterocycles. The SMILES string of the molecule is Cc1ccc(C)c(OCCCCC(=O)N2CCCCC2CN)c1. The highest BCUT2D eigenvalue weighted by atomic mass is 16.5. The minimum absolute atomic E-state index is 0.252. The van der Waals surface area contributed by atoms with E-state index in [0.29, 0.717) is 19.6 Å². The van der Waals surface area contributed by atoms with Gasteiger partial charge in [-0.3, -0.25) is 4.79 Å². The average Bonchev–Trinajstić information content (AvgIpc) is 2.57. The van der Waals surface area contributed by atoms with Gasteiger partial charge in [0.05, 0.1) is 6.61 Å². The van der Waals surface area contributed by atoms with E-state index in [9.17, 15) is 4.79 Å². The Morgan fingerprint density at radius 1 is 1.30 bits per heavy atom. The quantitative estimate of drug-likeness (QED) is 0.786. The predicted octanol–water partition coefficient (Wildman–Crippen LogP) is 3.19. The number of aryl methyl sites for hydroxylation is 2. The van der Waals surface area contributed by atoms with Gasteiger partial charge in [0.15, 0.2) is 0 Å². The standard InChI is InChI=1S/C19H30N2O2/c1-15-9-10-16(2)18(13-15)23-12-6-4-8-19(22)21-11-5-3-7-17(21)14-20/h9-10,13,17H,3-8,11-12,14,20H2,1-2H3. The Labute approximate surface area is 140 Å². The van der Waals surface area contributed by atoms with Gasteiger partial charge in [-0.2, -0.15) is 0 Å². The number of unbranched alkanes of at least 4 members (excludes halogenated alkanes) is 1. The lowest BCUT2D eigenvalue weighted by Crippen LogP contribution is -2.47. The highest BCUT2D eigenvalue weighted by Crippen LogP contribution is 2.20. The summed E-state index contributed by atoms with van der Waals surface area (Å²) < 4.78 is 5.84. The van der Waals surface area contributed by atoms with E-state index < -0.39 is 0 Å². The van der Waals surface area contributed by atoms with Crippen LogP contribution < -0.4 is 10.5 Å². The van der Waals surface area contributed by atoms with Crippen LogP contribution in [-0.4, -0.2) is 36.5 Å². The fourth-order valence-electron chi connectivity index (χ4n) is 3.14. The van der Waals surface area contributed by atoms with Gasteiger partial charge in [-0.15, -0.1) is 0 Å². The fraction of sp³-hybridized carbons (Fsp3) is 0.632. The normalized spacial score (nSPS) is 18.0. The molecule has 1 aromatic carbocycles. The summed E-state index contributed by atoms with van der Waals surface area (Å²) in [6, 6.07) is 6.49. The fourth-order valence-corrected chi connectivity index (χ4v) is 3.14. The molecule has 0 bridgehead atoms. The maximum absolute atomic E-state index is 12.3. The molecule has 128 valence electrons. The molecule has 4 nitrogen and oxygen atoms in total. The molecule has 1 heterocycles. The third-order valence-electron chi connectivity index (χ3n) is 4.61. The third kappa shape index (κ3) is 5.24. The second-order valence-corrected chi connectivity index (χ2v) is 6.55. The number of likely N-dealkylation sites (tertiary alicyclic amines) is 1. The van der Waals surface area contributed by atoms with Crippen molar-refractivity contribution >= 4 is 5.91 Å². The Morgan fingerprint density at radius 3 is 2.91 bits per heavy atom. The summed E-state index contributed by atoms with van der Waals surface area (Å²) in [7, 11) is 0. The number of nitrogens with two attached hydrogens (primary N) is 1. The summed E-state index contributed by atoms with van der Waals surface area (Å²) in [6.45, 7) is 6.25. The van der Waals surface area contributed by atoms with Crippen molar-refractivity contribution in [1.82, 2.24) is 4.90 Å². The number of nitrogens with zero attached hydrogens (tertiary/aromatic N) is 1. The van der Waals surface area contributed by atoms with Crippen LogP contribution >= 0.6 is 0 Å². The first kappa shape index (κ1) is 17.8. The number of amides is 1. The van der Waals surface area contributed by atoms with Crippen LogP contribution in [0.1, 0.15) is 49.7 Å². The number of hydrogen-bond acceptors (Lipinski definition) is 3. The van der Waals surface area contributed by atoms with Crippen LogP contribution in [0.3, 0.4) is 0 Å². The number of ether oxygens (including phenoxy) is 1. The molecule has 0 spiro atoms. The van der Waals surface area contributed by atoms with Crippen LogP contribution in [0.15, 0.2) is 18.2 Å². The molecule has 2 N–H and O–H groups in total. The van der Waals surface area contributed by atoms with E-state index in [1.165, 1.54) is 12.0 Å². The first-order valence-corrected chi connectivity index (χ1v) is 8.81. The summed E-state index contributed by atoms with van der Waals surface area (Å²) in [5.41, 5.74) is 8.15. The zero-order chi connectivity index (χ0) is 16.7. The number of hydrogen-bond donors (Lipinski definition) is 1. The van der Waals surface area contributed by atoms with E-state index >= 15 is 0 Å². The molecule has 1 unspecified atom stereocenters. The lowest BCUT2D eigenvalue weighted by Gasteiger charge is -2.35. The summed E-state index contributed by atoms with van der Waals surface area (Å²) in [6.07, 6.45) is 5.73. The van der Waals surface area contributed by atoms with Crippen molar-refractivity contribution in [3.63, 3.8) is 0 Å². The number of piperidine rings is 1. The molecule has 1 saturated heterocycles. The molecule has 0 aromatic heterocycles. The molecule has 0 aliphatic carbocycles. The van der Waals surface area contributed by atoms with Crippen molar-refractivity contribution in [3.8, 4) is 5.75 Å². The molecule has 1 atom stereocenters. The number of carbonyl (C=O) groups excluding carboxylic acids is 1. The van der Waals surface area contributed by atoms with Crippen LogP contribution in [-0.2, 0) is 4.79 Å². The monoisotopic (exact) mass is 318 g/mol. The molecule has 1 amide bonds. The van der Waals surface area contributed by atoms with Crippen molar-refractivity contribution in [2.45, 2.75) is 58.4 Å². The van der Waals surface area contributed by atoms with Gasteiger partial charge < -0.3 is 15.4 Å². The molecule has 1 aromatic rings. The van der Waals surface area contributed by atoms with Crippen molar-refractivity contribution in [2.75, 3.05) is 19.7 Å². The van der Waals surface area contributed by atoms with E-state index in [2.05, 4.69) is 32.0 Å².